The Morgan fingerprint density at radius 2 is 2.29 bits per heavy atom. The van der Waals surface area contributed by atoms with Gasteiger partial charge in [0.1, 0.15) is 6.04 Å². The minimum atomic E-state index is -0.855. The summed E-state index contributed by atoms with van der Waals surface area (Å²) in [6, 6.07) is -0.855. The summed E-state index contributed by atoms with van der Waals surface area (Å²) >= 11 is 0. The van der Waals surface area contributed by atoms with Gasteiger partial charge in [-0.2, -0.15) is 4.98 Å². The Bertz CT molecular complexity index is 495. The second-order valence-electron chi connectivity index (χ2n) is 3.56. The Balaban J connectivity index is 2.05. The highest BCUT2D eigenvalue weighted by atomic mass is 16.2. The summed E-state index contributed by atoms with van der Waals surface area (Å²) in [5, 5.41) is 8.17. The molecule has 2 rings (SSSR count). The molecule has 17 heavy (non-hydrogen) atoms. The van der Waals surface area contributed by atoms with Crippen molar-refractivity contribution in [3.8, 4) is 0 Å². The largest absolute Gasteiger partial charge is 0.366 e. The summed E-state index contributed by atoms with van der Waals surface area (Å²) in [6.07, 6.45) is -0.0509. The normalized spacial score (nSPS) is 19.8. The Morgan fingerprint density at radius 1 is 1.59 bits per heavy atom. The van der Waals surface area contributed by atoms with Gasteiger partial charge in [-0.3, -0.25) is 24.4 Å². The van der Waals surface area contributed by atoms with Gasteiger partial charge in [0.15, 0.2) is 0 Å². The van der Waals surface area contributed by atoms with Crippen molar-refractivity contribution in [2.24, 2.45) is 0 Å². The monoisotopic (exact) mass is 238 g/mol. The lowest BCUT2D eigenvalue weighted by Crippen LogP contribution is -2.41. The number of nitrogens with one attached hydrogen (secondary N) is 2. The first-order chi connectivity index (χ1) is 7.99. The smallest absolute Gasteiger partial charge is 0.289 e. The zero-order valence-corrected chi connectivity index (χ0v) is 8.93. The lowest BCUT2D eigenvalue weighted by molar-refractivity contribution is -0.137. The SMILES string of the molecule is CN1C(=O)CC(NC(=O)c2nc(N)n[nH]2)C1=O. The predicted octanol–water partition coefficient (Wildman–Crippen LogP) is -2.13. The summed E-state index contributed by atoms with van der Waals surface area (Å²) < 4.78 is 0. The summed E-state index contributed by atoms with van der Waals surface area (Å²) in [6.45, 7) is 0. The van der Waals surface area contributed by atoms with Crippen LogP contribution in [0.2, 0.25) is 0 Å². The molecule has 0 radical (unpaired) electrons. The van der Waals surface area contributed by atoms with Gasteiger partial charge >= 0.3 is 0 Å². The molecule has 0 bridgehead atoms. The lowest BCUT2D eigenvalue weighted by Gasteiger charge is -2.09. The van der Waals surface area contributed by atoms with E-state index in [2.05, 4.69) is 20.5 Å². The van der Waals surface area contributed by atoms with Crippen molar-refractivity contribution in [1.29, 1.82) is 0 Å². The second-order valence-corrected chi connectivity index (χ2v) is 3.56. The van der Waals surface area contributed by atoms with E-state index in [1.807, 2.05) is 0 Å². The van der Waals surface area contributed by atoms with E-state index < -0.39 is 17.9 Å². The van der Waals surface area contributed by atoms with Crippen LogP contribution in [0.25, 0.3) is 0 Å². The van der Waals surface area contributed by atoms with Crippen LogP contribution in [0.3, 0.4) is 0 Å². The molecular weight excluding hydrogens is 228 g/mol. The molecule has 1 aromatic rings. The van der Waals surface area contributed by atoms with Crippen molar-refractivity contribution >= 4 is 23.7 Å². The molecule has 1 atom stereocenters. The molecule has 2 heterocycles. The van der Waals surface area contributed by atoms with E-state index in [1.54, 1.807) is 0 Å². The van der Waals surface area contributed by atoms with Crippen LogP contribution in [0, 0.1) is 0 Å². The van der Waals surface area contributed by atoms with Gasteiger partial charge in [0, 0.05) is 7.05 Å². The highest BCUT2D eigenvalue weighted by Gasteiger charge is 2.37. The summed E-state index contributed by atoms with van der Waals surface area (Å²) in [7, 11) is 1.36. The molecule has 3 amide bonds. The number of hydrogen-bond donors (Lipinski definition) is 3. The van der Waals surface area contributed by atoms with E-state index in [9.17, 15) is 14.4 Å². The van der Waals surface area contributed by atoms with Gasteiger partial charge in [0.25, 0.3) is 11.8 Å². The number of carbonyl (C=O) groups excluding carboxylic acids is 3. The molecule has 1 aliphatic rings. The zero-order valence-electron chi connectivity index (χ0n) is 8.93. The van der Waals surface area contributed by atoms with Crippen LogP contribution in [0.5, 0.6) is 0 Å². The maximum Gasteiger partial charge on any atom is 0.289 e. The van der Waals surface area contributed by atoms with Crippen molar-refractivity contribution in [3.05, 3.63) is 5.82 Å². The standard InChI is InChI=1S/C8H10N6O3/c1-14-4(15)2-3(7(14)17)10-6(16)5-11-8(9)13-12-5/h3H,2H2,1H3,(H,10,16)(H3,9,11,12,13). The third-order valence-electron chi connectivity index (χ3n) is 2.40. The lowest BCUT2D eigenvalue weighted by atomic mass is 10.2. The molecule has 0 spiro atoms. The Hall–Kier alpha value is -2.45. The van der Waals surface area contributed by atoms with Crippen LogP contribution in [0.1, 0.15) is 17.0 Å². The number of amides is 3. The molecule has 90 valence electrons. The molecule has 1 aromatic heterocycles. The molecular formula is C8H10N6O3. The average Bonchev–Trinajstić information content (AvgIpc) is 2.80. The van der Waals surface area contributed by atoms with E-state index in [0.29, 0.717) is 0 Å². The van der Waals surface area contributed by atoms with E-state index in [1.165, 1.54) is 7.05 Å². The van der Waals surface area contributed by atoms with Gasteiger partial charge in [0.05, 0.1) is 6.42 Å². The molecule has 0 saturated carbocycles. The topological polar surface area (TPSA) is 134 Å². The fraction of sp³-hybridized carbons (Fsp3) is 0.375. The fourth-order valence-corrected chi connectivity index (χ4v) is 1.47. The molecule has 0 aromatic carbocycles. The van der Waals surface area contributed by atoms with Gasteiger partial charge in [0.2, 0.25) is 17.7 Å². The number of rotatable bonds is 2. The number of anilines is 1. The molecule has 9 heteroatoms. The average molecular weight is 238 g/mol. The third-order valence-corrected chi connectivity index (χ3v) is 2.40. The van der Waals surface area contributed by atoms with E-state index >= 15 is 0 Å². The van der Waals surface area contributed by atoms with Crippen molar-refractivity contribution in [2.75, 3.05) is 12.8 Å². The van der Waals surface area contributed by atoms with Crippen LogP contribution >= 0.6 is 0 Å². The van der Waals surface area contributed by atoms with Gasteiger partial charge in [-0.05, 0) is 0 Å². The third kappa shape index (κ3) is 1.94. The van der Waals surface area contributed by atoms with Crippen LogP contribution in [-0.4, -0.2) is 50.9 Å². The first-order valence-corrected chi connectivity index (χ1v) is 4.78. The molecule has 1 unspecified atom stereocenters. The summed E-state index contributed by atoms with van der Waals surface area (Å²) in [5.41, 5.74) is 5.23. The fourth-order valence-electron chi connectivity index (χ4n) is 1.47. The number of H-pyrrole nitrogens is 1. The number of aromatic amines is 1. The van der Waals surface area contributed by atoms with Crippen molar-refractivity contribution in [1.82, 2.24) is 25.4 Å². The zero-order chi connectivity index (χ0) is 12.6. The van der Waals surface area contributed by atoms with Crippen LogP contribution in [0.4, 0.5) is 5.95 Å². The first-order valence-electron chi connectivity index (χ1n) is 4.78. The maximum absolute atomic E-state index is 11.6. The number of imide groups is 1. The summed E-state index contributed by atoms with van der Waals surface area (Å²) in [4.78, 5) is 38.9. The Labute approximate surface area is 95.4 Å². The minimum Gasteiger partial charge on any atom is -0.366 e. The summed E-state index contributed by atoms with van der Waals surface area (Å²) in [5.74, 6) is -1.58. The van der Waals surface area contributed by atoms with Crippen LogP contribution in [0.15, 0.2) is 0 Å². The highest BCUT2D eigenvalue weighted by molar-refractivity contribution is 6.07. The van der Waals surface area contributed by atoms with Crippen molar-refractivity contribution < 1.29 is 14.4 Å². The number of nitrogen functional groups attached to an aromatic ring is 1. The molecule has 1 saturated heterocycles. The number of aromatic nitrogens is 3. The van der Waals surface area contributed by atoms with Gasteiger partial charge in [-0.25, -0.2) is 0 Å². The number of likely N-dealkylation sites (N-methyl/N-ethyl adjacent to an activating group) is 1. The second kappa shape index (κ2) is 3.85. The van der Waals surface area contributed by atoms with E-state index in [-0.39, 0.29) is 24.1 Å². The number of hydrogen-bond acceptors (Lipinski definition) is 6. The van der Waals surface area contributed by atoms with Gasteiger partial charge in [-0.1, -0.05) is 0 Å². The molecule has 1 fully saturated rings. The minimum absolute atomic E-state index is 0.0509. The Morgan fingerprint density at radius 3 is 2.76 bits per heavy atom. The van der Waals surface area contributed by atoms with Crippen molar-refractivity contribution in [2.45, 2.75) is 12.5 Å². The predicted molar refractivity (Wildman–Crippen MR) is 54.4 cm³/mol. The van der Waals surface area contributed by atoms with Gasteiger partial charge < -0.3 is 11.1 Å². The number of nitrogens with zero attached hydrogens (tertiary/aromatic N) is 3. The molecule has 9 nitrogen and oxygen atoms in total. The number of carbonyl (C=O) groups is 3. The molecule has 1 aliphatic heterocycles. The van der Waals surface area contributed by atoms with Crippen molar-refractivity contribution in [3.63, 3.8) is 0 Å². The number of nitrogens with two attached hydrogens (primary N) is 1. The molecule has 4 N–H and O–H groups in total. The maximum atomic E-state index is 11.6. The van der Waals surface area contributed by atoms with Crippen LogP contribution < -0.4 is 11.1 Å². The highest BCUT2D eigenvalue weighted by Crippen LogP contribution is 2.10. The molecule has 0 aliphatic carbocycles. The van der Waals surface area contributed by atoms with E-state index in [4.69, 9.17) is 5.73 Å². The number of likely N-dealkylation sites (tertiary alicyclic amines) is 1. The van der Waals surface area contributed by atoms with Gasteiger partial charge in [-0.15, -0.1) is 5.10 Å². The first kappa shape index (κ1) is 11.0. The van der Waals surface area contributed by atoms with Crippen LogP contribution in [-0.2, 0) is 9.59 Å². The quantitative estimate of drug-likeness (QED) is 0.504. The van der Waals surface area contributed by atoms with E-state index in [0.717, 1.165) is 4.90 Å². The Kier molecular flexibility index (Phi) is 2.50.